The molecule has 0 fully saturated rings. The number of aliphatic carboxylic acids is 1. The van der Waals surface area contributed by atoms with Crippen LogP contribution in [0.25, 0.3) is 0 Å². The number of urea groups is 1. The summed E-state index contributed by atoms with van der Waals surface area (Å²) >= 11 is 0. The molecule has 0 aliphatic carbocycles. The SMILES string of the molecule is CCN(C)C(=O)CNC(=O)NC(=O)COCC(=O)O. The van der Waals surface area contributed by atoms with Crippen LogP contribution in [0.2, 0.25) is 0 Å². The molecule has 9 heteroatoms. The molecule has 108 valence electrons. The number of amides is 4. The monoisotopic (exact) mass is 275 g/mol. The van der Waals surface area contributed by atoms with Gasteiger partial charge in [-0.1, -0.05) is 0 Å². The van der Waals surface area contributed by atoms with Gasteiger partial charge in [-0.25, -0.2) is 9.59 Å². The summed E-state index contributed by atoms with van der Waals surface area (Å²) in [5.41, 5.74) is 0. The van der Waals surface area contributed by atoms with Crippen LogP contribution in [0.15, 0.2) is 0 Å². The topological polar surface area (TPSA) is 125 Å². The zero-order valence-electron chi connectivity index (χ0n) is 10.8. The summed E-state index contributed by atoms with van der Waals surface area (Å²) in [5.74, 6) is -2.31. The van der Waals surface area contributed by atoms with Gasteiger partial charge in [0.25, 0.3) is 5.91 Å². The van der Waals surface area contributed by atoms with Gasteiger partial charge in [0.1, 0.15) is 13.2 Å². The van der Waals surface area contributed by atoms with Crippen LogP contribution in [-0.4, -0.2) is 67.2 Å². The van der Waals surface area contributed by atoms with Crippen LogP contribution in [0, 0.1) is 0 Å². The first-order valence-corrected chi connectivity index (χ1v) is 5.48. The summed E-state index contributed by atoms with van der Waals surface area (Å²) in [5, 5.41) is 12.3. The van der Waals surface area contributed by atoms with E-state index in [9.17, 15) is 19.2 Å². The van der Waals surface area contributed by atoms with Crippen molar-refractivity contribution in [1.29, 1.82) is 0 Å². The highest BCUT2D eigenvalue weighted by Gasteiger charge is 2.11. The quantitative estimate of drug-likeness (QED) is 0.513. The molecule has 0 heterocycles. The highest BCUT2D eigenvalue weighted by molar-refractivity contribution is 5.96. The van der Waals surface area contributed by atoms with E-state index >= 15 is 0 Å². The van der Waals surface area contributed by atoms with Gasteiger partial charge in [0.05, 0.1) is 6.54 Å². The van der Waals surface area contributed by atoms with E-state index in [-0.39, 0.29) is 12.5 Å². The molecule has 0 aromatic heterocycles. The minimum Gasteiger partial charge on any atom is -0.480 e. The molecule has 0 rings (SSSR count). The van der Waals surface area contributed by atoms with Crippen LogP contribution >= 0.6 is 0 Å². The first kappa shape index (κ1) is 16.8. The van der Waals surface area contributed by atoms with E-state index in [1.54, 1.807) is 14.0 Å². The van der Waals surface area contributed by atoms with Crippen molar-refractivity contribution in [2.75, 3.05) is 33.4 Å². The smallest absolute Gasteiger partial charge is 0.329 e. The summed E-state index contributed by atoms with van der Waals surface area (Å²) in [7, 11) is 1.58. The molecule has 0 aromatic rings. The number of rotatable bonds is 7. The van der Waals surface area contributed by atoms with E-state index in [0.29, 0.717) is 6.54 Å². The fraction of sp³-hybridized carbons (Fsp3) is 0.600. The van der Waals surface area contributed by atoms with Crippen LogP contribution in [-0.2, 0) is 19.1 Å². The summed E-state index contributed by atoms with van der Waals surface area (Å²) in [4.78, 5) is 45.1. The van der Waals surface area contributed by atoms with Gasteiger partial charge in [0, 0.05) is 13.6 Å². The second-order valence-corrected chi connectivity index (χ2v) is 3.53. The number of carboxylic acid groups (broad SMARTS) is 1. The Morgan fingerprint density at radius 1 is 1.21 bits per heavy atom. The van der Waals surface area contributed by atoms with Crippen LogP contribution in [0.3, 0.4) is 0 Å². The van der Waals surface area contributed by atoms with Gasteiger partial charge in [0.15, 0.2) is 0 Å². The van der Waals surface area contributed by atoms with Gasteiger partial charge in [-0.3, -0.25) is 14.9 Å². The van der Waals surface area contributed by atoms with Crippen molar-refractivity contribution in [3.8, 4) is 0 Å². The second-order valence-electron chi connectivity index (χ2n) is 3.53. The molecule has 0 atom stereocenters. The lowest BCUT2D eigenvalue weighted by Gasteiger charge is -2.14. The Labute approximate surface area is 109 Å². The van der Waals surface area contributed by atoms with Crippen LogP contribution in [0.4, 0.5) is 4.79 Å². The molecule has 0 aromatic carbocycles. The number of carboxylic acids is 1. The van der Waals surface area contributed by atoms with Gasteiger partial charge >= 0.3 is 12.0 Å². The molecular formula is C10H17N3O6. The second kappa shape index (κ2) is 8.86. The molecule has 19 heavy (non-hydrogen) atoms. The van der Waals surface area contributed by atoms with E-state index in [0.717, 1.165) is 0 Å². The lowest BCUT2D eigenvalue weighted by Crippen LogP contribution is -2.45. The third-order valence-corrected chi connectivity index (χ3v) is 2.01. The number of carbonyl (C=O) groups is 4. The Kier molecular flexibility index (Phi) is 7.85. The third-order valence-electron chi connectivity index (χ3n) is 2.01. The molecule has 9 nitrogen and oxygen atoms in total. The van der Waals surface area contributed by atoms with E-state index < -0.39 is 31.1 Å². The van der Waals surface area contributed by atoms with Crippen molar-refractivity contribution < 1.29 is 29.0 Å². The van der Waals surface area contributed by atoms with E-state index in [1.165, 1.54) is 4.90 Å². The molecule has 0 saturated heterocycles. The summed E-state index contributed by atoms with van der Waals surface area (Å²) in [6, 6.07) is -0.846. The van der Waals surface area contributed by atoms with Gasteiger partial charge in [-0.2, -0.15) is 0 Å². The van der Waals surface area contributed by atoms with Crippen molar-refractivity contribution in [1.82, 2.24) is 15.5 Å². The largest absolute Gasteiger partial charge is 0.480 e. The lowest BCUT2D eigenvalue weighted by atomic mass is 10.5. The van der Waals surface area contributed by atoms with Crippen molar-refractivity contribution in [2.45, 2.75) is 6.92 Å². The molecule has 4 amide bonds. The number of hydrogen-bond donors (Lipinski definition) is 3. The van der Waals surface area contributed by atoms with Gasteiger partial charge in [0.2, 0.25) is 5.91 Å². The zero-order chi connectivity index (χ0) is 14.8. The Hall–Kier alpha value is -2.16. The fourth-order valence-electron chi connectivity index (χ4n) is 0.905. The van der Waals surface area contributed by atoms with Gasteiger partial charge in [-0.05, 0) is 6.92 Å². The maximum Gasteiger partial charge on any atom is 0.329 e. The first-order chi connectivity index (χ1) is 8.86. The summed E-state index contributed by atoms with van der Waals surface area (Å²) in [6.07, 6.45) is 0. The number of imide groups is 1. The molecule has 0 unspecified atom stereocenters. The number of hydrogen-bond acceptors (Lipinski definition) is 5. The van der Waals surface area contributed by atoms with Crippen molar-refractivity contribution in [2.24, 2.45) is 0 Å². The Balaban J connectivity index is 3.82. The van der Waals surface area contributed by atoms with E-state index in [1.807, 2.05) is 5.32 Å². The Morgan fingerprint density at radius 2 is 1.84 bits per heavy atom. The number of nitrogens with one attached hydrogen (secondary N) is 2. The molecule has 0 aliphatic heterocycles. The van der Waals surface area contributed by atoms with Crippen molar-refractivity contribution >= 4 is 23.8 Å². The third kappa shape index (κ3) is 8.55. The van der Waals surface area contributed by atoms with Gasteiger partial charge in [-0.15, -0.1) is 0 Å². The minimum absolute atomic E-state index is 0.237. The maximum absolute atomic E-state index is 11.3. The lowest BCUT2D eigenvalue weighted by molar-refractivity contribution is -0.143. The predicted molar refractivity (Wildman–Crippen MR) is 63.3 cm³/mol. The summed E-state index contributed by atoms with van der Waals surface area (Å²) in [6.45, 7) is 0.863. The number of ether oxygens (including phenoxy) is 1. The molecule has 0 saturated carbocycles. The fourth-order valence-corrected chi connectivity index (χ4v) is 0.905. The number of carbonyl (C=O) groups excluding carboxylic acids is 3. The average Bonchev–Trinajstić information content (AvgIpc) is 2.34. The highest BCUT2D eigenvalue weighted by Crippen LogP contribution is 1.82. The van der Waals surface area contributed by atoms with Crippen LogP contribution < -0.4 is 10.6 Å². The summed E-state index contributed by atoms with van der Waals surface area (Å²) < 4.78 is 4.47. The van der Waals surface area contributed by atoms with Gasteiger partial charge < -0.3 is 20.1 Å². The predicted octanol–water partition coefficient (Wildman–Crippen LogP) is -1.61. The molecule has 0 radical (unpaired) electrons. The average molecular weight is 275 g/mol. The maximum atomic E-state index is 11.3. The molecule has 0 bridgehead atoms. The first-order valence-electron chi connectivity index (χ1n) is 5.48. The minimum atomic E-state index is -1.22. The molecule has 0 spiro atoms. The van der Waals surface area contributed by atoms with Crippen LogP contribution in [0.5, 0.6) is 0 Å². The normalized spacial score (nSPS) is 9.58. The molecule has 3 N–H and O–H groups in total. The molecule has 0 aliphatic rings. The Morgan fingerprint density at radius 3 is 2.37 bits per heavy atom. The molecular weight excluding hydrogens is 258 g/mol. The standard InChI is InChI=1S/C10H17N3O6/c1-3-13(2)8(15)4-11-10(18)12-7(14)5-19-6-9(16)17/h3-6H2,1-2H3,(H,16,17)(H2,11,12,14,18). The van der Waals surface area contributed by atoms with E-state index in [4.69, 9.17) is 5.11 Å². The van der Waals surface area contributed by atoms with Crippen molar-refractivity contribution in [3.05, 3.63) is 0 Å². The number of likely N-dealkylation sites (N-methyl/N-ethyl adjacent to an activating group) is 1. The van der Waals surface area contributed by atoms with E-state index in [2.05, 4.69) is 10.1 Å². The number of nitrogens with zero attached hydrogens (tertiary/aromatic N) is 1. The van der Waals surface area contributed by atoms with Crippen LogP contribution in [0.1, 0.15) is 6.92 Å². The van der Waals surface area contributed by atoms with Crippen molar-refractivity contribution in [3.63, 3.8) is 0 Å². The highest BCUT2D eigenvalue weighted by atomic mass is 16.5. The Bertz CT molecular complexity index is 357. The zero-order valence-corrected chi connectivity index (χ0v) is 10.8.